The Morgan fingerprint density at radius 3 is 2.62 bits per heavy atom. The molecule has 0 spiro atoms. The number of benzene rings is 2. The van der Waals surface area contributed by atoms with Crippen LogP contribution in [-0.4, -0.2) is 24.8 Å². The van der Waals surface area contributed by atoms with Gasteiger partial charge in [0.25, 0.3) is 0 Å². The van der Waals surface area contributed by atoms with Crippen LogP contribution in [0.1, 0.15) is 24.0 Å². The van der Waals surface area contributed by atoms with Gasteiger partial charge >= 0.3 is 0 Å². The minimum atomic E-state index is -0.322. The molecular formula is C19H19N3O4. The van der Waals surface area contributed by atoms with Crippen molar-refractivity contribution in [1.82, 2.24) is 10.7 Å². The van der Waals surface area contributed by atoms with Gasteiger partial charge in [0.2, 0.25) is 18.6 Å². The summed E-state index contributed by atoms with van der Waals surface area (Å²) in [5, 5.41) is 6.66. The zero-order valence-electron chi connectivity index (χ0n) is 14.1. The molecule has 0 unspecified atom stereocenters. The first kappa shape index (κ1) is 17.5. The van der Waals surface area contributed by atoms with Crippen LogP contribution in [0.2, 0.25) is 0 Å². The van der Waals surface area contributed by atoms with Gasteiger partial charge in [-0.25, -0.2) is 5.43 Å². The van der Waals surface area contributed by atoms with Crippen molar-refractivity contribution in [3.8, 4) is 11.5 Å². The Hall–Kier alpha value is -3.35. The summed E-state index contributed by atoms with van der Waals surface area (Å²) < 4.78 is 10.5. The molecule has 7 nitrogen and oxygen atoms in total. The SMILES string of the molecule is O=C(CCC(=O)NN=Cc1ccc2c(c1)OCO2)NCc1ccccc1. The lowest BCUT2D eigenvalue weighted by atomic mass is 10.2. The van der Waals surface area contributed by atoms with Gasteiger partial charge in [-0.2, -0.15) is 5.10 Å². The Balaban J connectivity index is 1.36. The predicted octanol–water partition coefficient (Wildman–Crippen LogP) is 1.96. The maximum Gasteiger partial charge on any atom is 0.240 e. The van der Waals surface area contributed by atoms with Crippen LogP contribution in [0.15, 0.2) is 53.6 Å². The lowest BCUT2D eigenvalue weighted by Crippen LogP contribution is -2.25. The third kappa shape index (κ3) is 5.07. The summed E-state index contributed by atoms with van der Waals surface area (Å²) in [6, 6.07) is 15.0. The highest BCUT2D eigenvalue weighted by molar-refractivity contribution is 5.85. The maximum atomic E-state index is 11.8. The van der Waals surface area contributed by atoms with Crippen LogP contribution in [0.25, 0.3) is 0 Å². The van der Waals surface area contributed by atoms with Crippen molar-refractivity contribution in [2.75, 3.05) is 6.79 Å². The highest BCUT2D eigenvalue weighted by atomic mass is 16.7. The van der Waals surface area contributed by atoms with Gasteiger partial charge in [0.15, 0.2) is 11.5 Å². The summed E-state index contributed by atoms with van der Waals surface area (Å²) in [5.74, 6) is 0.837. The first-order chi connectivity index (χ1) is 12.7. The van der Waals surface area contributed by atoms with E-state index in [1.165, 1.54) is 6.21 Å². The fourth-order valence-electron chi connectivity index (χ4n) is 2.34. The van der Waals surface area contributed by atoms with Crippen LogP contribution in [0.3, 0.4) is 0 Å². The molecule has 3 rings (SSSR count). The van der Waals surface area contributed by atoms with Crippen LogP contribution in [-0.2, 0) is 16.1 Å². The van der Waals surface area contributed by atoms with E-state index in [1.807, 2.05) is 30.3 Å². The molecule has 2 amide bonds. The molecule has 2 aromatic carbocycles. The molecule has 0 atom stereocenters. The van der Waals surface area contributed by atoms with E-state index in [4.69, 9.17) is 9.47 Å². The van der Waals surface area contributed by atoms with Crippen molar-refractivity contribution in [3.05, 3.63) is 59.7 Å². The fraction of sp³-hybridized carbons (Fsp3) is 0.211. The molecule has 1 heterocycles. The quantitative estimate of drug-likeness (QED) is 0.588. The normalized spacial score (nSPS) is 12.2. The molecule has 134 valence electrons. The number of nitrogens with one attached hydrogen (secondary N) is 2. The lowest BCUT2D eigenvalue weighted by molar-refractivity contribution is -0.126. The minimum Gasteiger partial charge on any atom is -0.454 e. The van der Waals surface area contributed by atoms with Crippen molar-refractivity contribution in [3.63, 3.8) is 0 Å². The van der Waals surface area contributed by atoms with Gasteiger partial charge in [0.1, 0.15) is 0 Å². The monoisotopic (exact) mass is 353 g/mol. The Bertz CT molecular complexity index is 806. The summed E-state index contributed by atoms with van der Waals surface area (Å²) in [5.41, 5.74) is 4.19. The maximum absolute atomic E-state index is 11.8. The third-order valence-corrected chi connectivity index (χ3v) is 3.71. The molecule has 0 saturated carbocycles. The van der Waals surface area contributed by atoms with Gasteiger partial charge in [0, 0.05) is 19.4 Å². The van der Waals surface area contributed by atoms with E-state index in [-0.39, 0.29) is 31.4 Å². The molecule has 2 aromatic rings. The first-order valence-electron chi connectivity index (χ1n) is 8.23. The van der Waals surface area contributed by atoms with E-state index in [0.29, 0.717) is 18.0 Å². The molecule has 0 fully saturated rings. The van der Waals surface area contributed by atoms with E-state index < -0.39 is 0 Å². The Kier molecular flexibility index (Phi) is 5.82. The van der Waals surface area contributed by atoms with Crippen LogP contribution in [0, 0.1) is 0 Å². The van der Waals surface area contributed by atoms with E-state index >= 15 is 0 Å². The highest BCUT2D eigenvalue weighted by Gasteiger charge is 2.12. The number of nitrogens with zero attached hydrogens (tertiary/aromatic N) is 1. The molecule has 0 aliphatic carbocycles. The standard InChI is InChI=1S/C19H19N3O4/c23-18(20-11-14-4-2-1-3-5-14)8-9-19(24)22-21-12-15-6-7-16-17(10-15)26-13-25-16/h1-7,10,12H,8-9,11,13H2,(H,20,23)(H,22,24). The highest BCUT2D eigenvalue weighted by Crippen LogP contribution is 2.31. The van der Waals surface area contributed by atoms with Crippen molar-refractivity contribution in [2.24, 2.45) is 5.10 Å². The number of hydrogen-bond donors (Lipinski definition) is 2. The number of ether oxygens (including phenoxy) is 2. The molecule has 0 saturated heterocycles. The second-order valence-electron chi connectivity index (χ2n) is 5.67. The van der Waals surface area contributed by atoms with E-state index in [9.17, 15) is 9.59 Å². The van der Waals surface area contributed by atoms with Gasteiger partial charge in [-0.1, -0.05) is 30.3 Å². The lowest BCUT2D eigenvalue weighted by Gasteiger charge is -2.05. The summed E-state index contributed by atoms with van der Waals surface area (Å²) in [6.45, 7) is 0.655. The van der Waals surface area contributed by atoms with Crippen LogP contribution < -0.4 is 20.2 Å². The second kappa shape index (κ2) is 8.66. The average molecular weight is 353 g/mol. The smallest absolute Gasteiger partial charge is 0.240 e. The molecule has 1 aliphatic heterocycles. The van der Waals surface area contributed by atoms with E-state index in [0.717, 1.165) is 11.1 Å². The fourth-order valence-corrected chi connectivity index (χ4v) is 2.34. The molecule has 1 aliphatic rings. The van der Waals surface area contributed by atoms with Crippen LogP contribution >= 0.6 is 0 Å². The average Bonchev–Trinajstić information content (AvgIpc) is 3.13. The molecule has 26 heavy (non-hydrogen) atoms. The number of hydrazone groups is 1. The topological polar surface area (TPSA) is 89.0 Å². The summed E-state index contributed by atoms with van der Waals surface area (Å²) >= 11 is 0. The molecule has 0 aromatic heterocycles. The zero-order chi connectivity index (χ0) is 18.2. The Morgan fingerprint density at radius 2 is 1.77 bits per heavy atom. The van der Waals surface area contributed by atoms with Gasteiger partial charge in [0.05, 0.1) is 6.21 Å². The zero-order valence-corrected chi connectivity index (χ0v) is 14.1. The van der Waals surface area contributed by atoms with E-state index in [1.54, 1.807) is 18.2 Å². The number of carbonyl (C=O) groups is 2. The number of hydrogen-bond acceptors (Lipinski definition) is 5. The molecule has 0 radical (unpaired) electrons. The van der Waals surface area contributed by atoms with Crippen molar-refractivity contribution in [1.29, 1.82) is 0 Å². The summed E-state index contributed by atoms with van der Waals surface area (Å²) in [7, 11) is 0. The molecule has 7 heteroatoms. The van der Waals surface area contributed by atoms with Gasteiger partial charge in [-0.05, 0) is 29.3 Å². The van der Waals surface area contributed by atoms with Crippen molar-refractivity contribution >= 4 is 18.0 Å². The van der Waals surface area contributed by atoms with Gasteiger partial charge in [-0.3, -0.25) is 9.59 Å². The summed E-state index contributed by atoms with van der Waals surface area (Å²) in [6.07, 6.45) is 1.69. The number of rotatable bonds is 7. The predicted molar refractivity (Wildman–Crippen MR) is 95.8 cm³/mol. The minimum absolute atomic E-state index is 0.0686. The molecular weight excluding hydrogens is 334 g/mol. The van der Waals surface area contributed by atoms with Crippen molar-refractivity contribution < 1.29 is 19.1 Å². The molecule has 0 bridgehead atoms. The number of carbonyl (C=O) groups excluding carboxylic acids is 2. The van der Waals surface area contributed by atoms with Crippen LogP contribution in [0.5, 0.6) is 11.5 Å². The third-order valence-electron chi connectivity index (χ3n) is 3.71. The number of amides is 2. The number of fused-ring (bicyclic) bond motifs is 1. The Morgan fingerprint density at radius 1 is 1.00 bits per heavy atom. The summed E-state index contributed by atoms with van der Waals surface area (Å²) in [4.78, 5) is 23.5. The van der Waals surface area contributed by atoms with Crippen LogP contribution in [0.4, 0.5) is 0 Å². The largest absolute Gasteiger partial charge is 0.454 e. The second-order valence-corrected chi connectivity index (χ2v) is 5.67. The van der Waals surface area contributed by atoms with Gasteiger partial charge < -0.3 is 14.8 Å². The van der Waals surface area contributed by atoms with Gasteiger partial charge in [-0.15, -0.1) is 0 Å². The Labute approximate surface area is 151 Å². The first-order valence-corrected chi connectivity index (χ1v) is 8.23. The molecule has 2 N–H and O–H groups in total. The van der Waals surface area contributed by atoms with Crippen molar-refractivity contribution in [2.45, 2.75) is 19.4 Å². The van der Waals surface area contributed by atoms with E-state index in [2.05, 4.69) is 15.8 Å².